The first-order valence-corrected chi connectivity index (χ1v) is 12.8. The third kappa shape index (κ3) is 5.37. The molecule has 0 bridgehead atoms. The highest BCUT2D eigenvalue weighted by molar-refractivity contribution is 5.87. The molecule has 5 rings (SSSR count). The molecule has 9 atom stereocenters. The fourth-order valence-electron chi connectivity index (χ4n) is 4.84. The molecular formula is C27H30O15. The lowest BCUT2D eigenvalue weighted by Gasteiger charge is -2.41. The third-order valence-electron chi connectivity index (χ3n) is 7.15. The second-order valence-corrected chi connectivity index (χ2v) is 9.78. The highest BCUT2D eigenvalue weighted by Crippen LogP contribution is 2.38. The van der Waals surface area contributed by atoms with E-state index < -0.39 is 79.7 Å². The molecule has 15 heteroatoms. The van der Waals surface area contributed by atoms with Crippen LogP contribution in [0.2, 0.25) is 0 Å². The van der Waals surface area contributed by atoms with Crippen molar-refractivity contribution in [2.45, 2.75) is 55.3 Å². The van der Waals surface area contributed by atoms with Crippen LogP contribution >= 0.6 is 0 Å². The number of benzene rings is 2. The molecule has 1 aromatic heterocycles. The van der Waals surface area contributed by atoms with Gasteiger partial charge in [-0.25, -0.2) is 0 Å². The predicted octanol–water partition coefficient (Wildman–Crippen LogP) is -1.48. The number of aliphatic hydroxyl groups is 6. The maximum absolute atomic E-state index is 13.0. The van der Waals surface area contributed by atoms with Gasteiger partial charge >= 0.3 is 0 Å². The zero-order valence-electron chi connectivity index (χ0n) is 22.0. The van der Waals surface area contributed by atoms with Crippen LogP contribution in [0, 0.1) is 0 Å². The molecule has 0 amide bonds. The number of ether oxygens (including phenoxy) is 5. The number of fused-ring (bicyclic) bond motifs is 1. The minimum absolute atomic E-state index is 0.0101. The van der Waals surface area contributed by atoms with Gasteiger partial charge in [0.2, 0.25) is 6.29 Å². The van der Waals surface area contributed by atoms with Crippen LogP contribution in [0.25, 0.3) is 22.3 Å². The van der Waals surface area contributed by atoms with Gasteiger partial charge in [0, 0.05) is 11.6 Å². The smallest absolute Gasteiger partial charge is 0.229 e. The summed E-state index contributed by atoms with van der Waals surface area (Å²) < 4.78 is 33.1. The van der Waals surface area contributed by atoms with Gasteiger partial charge in [0.1, 0.15) is 53.4 Å². The number of phenolic OH excluding ortho intramolecular Hbond substituents is 2. The van der Waals surface area contributed by atoms with Crippen molar-refractivity contribution in [2.75, 3.05) is 20.3 Å². The summed E-state index contributed by atoms with van der Waals surface area (Å²) in [5.74, 6) is -0.747. The first-order chi connectivity index (χ1) is 20.1. The van der Waals surface area contributed by atoms with Crippen molar-refractivity contribution >= 4 is 11.0 Å². The lowest BCUT2D eigenvalue weighted by molar-refractivity contribution is -0.323. The van der Waals surface area contributed by atoms with Crippen molar-refractivity contribution in [3.05, 3.63) is 46.6 Å². The van der Waals surface area contributed by atoms with E-state index in [9.17, 15) is 45.6 Å². The summed E-state index contributed by atoms with van der Waals surface area (Å²) in [5.41, 5.74) is -0.236. The monoisotopic (exact) mass is 594 g/mol. The molecule has 15 nitrogen and oxygen atoms in total. The molecule has 2 aliphatic rings. The number of phenols is 2. The summed E-state index contributed by atoms with van der Waals surface area (Å²) in [5, 5.41) is 80.8. The van der Waals surface area contributed by atoms with E-state index in [0.717, 1.165) is 6.07 Å². The molecule has 9 unspecified atom stereocenters. The van der Waals surface area contributed by atoms with Crippen molar-refractivity contribution in [1.29, 1.82) is 0 Å². The maximum atomic E-state index is 13.0. The SMILES string of the molecule is COc1cc(-c2cc(=O)c3c(O)c(OC4OC(CO)C(O)C4OC4OC(CO)C(O)C(O)C4O)ccc3o2)ccc1O. The Labute approximate surface area is 236 Å². The lowest BCUT2D eigenvalue weighted by atomic mass is 9.99. The van der Waals surface area contributed by atoms with Crippen molar-refractivity contribution < 1.29 is 69.0 Å². The Bertz CT molecular complexity index is 1470. The number of rotatable bonds is 8. The zero-order valence-corrected chi connectivity index (χ0v) is 22.0. The van der Waals surface area contributed by atoms with Crippen LogP contribution in [-0.4, -0.2) is 116 Å². The Hall–Kier alpha value is -3.51. The Morgan fingerprint density at radius 2 is 1.50 bits per heavy atom. The van der Waals surface area contributed by atoms with Crippen LogP contribution in [0.15, 0.2) is 45.6 Å². The van der Waals surface area contributed by atoms with Gasteiger partial charge in [0.25, 0.3) is 0 Å². The number of aliphatic hydroxyl groups excluding tert-OH is 6. The Balaban J connectivity index is 1.43. The van der Waals surface area contributed by atoms with Crippen LogP contribution in [0.3, 0.4) is 0 Å². The van der Waals surface area contributed by atoms with E-state index in [-0.39, 0.29) is 34.0 Å². The molecule has 3 heterocycles. The van der Waals surface area contributed by atoms with Crippen molar-refractivity contribution in [3.63, 3.8) is 0 Å². The fourth-order valence-corrected chi connectivity index (χ4v) is 4.84. The Kier molecular flexibility index (Phi) is 8.56. The molecule has 228 valence electrons. The molecule has 2 fully saturated rings. The zero-order chi connectivity index (χ0) is 30.3. The molecule has 2 saturated heterocycles. The normalized spacial score (nSPS) is 31.4. The highest BCUT2D eigenvalue weighted by Gasteiger charge is 2.51. The fraction of sp³-hybridized carbons (Fsp3) is 0.444. The van der Waals surface area contributed by atoms with Gasteiger partial charge in [-0.1, -0.05) is 0 Å². The maximum Gasteiger partial charge on any atom is 0.229 e. The summed E-state index contributed by atoms with van der Waals surface area (Å²) in [6.07, 6.45) is -14.0. The molecule has 2 aliphatic heterocycles. The summed E-state index contributed by atoms with van der Waals surface area (Å²) in [6.45, 7) is -1.39. The molecule has 8 N–H and O–H groups in total. The first kappa shape index (κ1) is 30.0. The quantitative estimate of drug-likeness (QED) is 0.148. The van der Waals surface area contributed by atoms with Crippen LogP contribution < -0.4 is 14.9 Å². The molecule has 2 aromatic carbocycles. The highest BCUT2D eigenvalue weighted by atomic mass is 16.8. The van der Waals surface area contributed by atoms with Crippen LogP contribution in [0.4, 0.5) is 0 Å². The average Bonchev–Trinajstić information content (AvgIpc) is 3.28. The van der Waals surface area contributed by atoms with Gasteiger partial charge in [-0.2, -0.15) is 0 Å². The minimum Gasteiger partial charge on any atom is -0.504 e. The van der Waals surface area contributed by atoms with E-state index in [1.807, 2.05) is 0 Å². The summed E-state index contributed by atoms with van der Waals surface area (Å²) in [7, 11) is 1.37. The van der Waals surface area contributed by atoms with Crippen molar-refractivity contribution in [2.24, 2.45) is 0 Å². The van der Waals surface area contributed by atoms with Crippen molar-refractivity contribution in [3.8, 4) is 34.3 Å². The molecule has 0 spiro atoms. The summed E-state index contributed by atoms with van der Waals surface area (Å²) >= 11 is 0. The van der Waals surface area contributed by atoms with Gasteiger partial charge in [-0.15, -0.1) is 0 Å². The third-order valence-corrected chi connectivity index (χ3v) is 7.15. The topological polar surface area (TPSA) is 238 Å². The van der Waals surface area contributed by atoms with Gasteiger partial charge in [-0.05, 0) is 30.3 Å². The van der Waals surface area contributed by atoms with E-state index in [4.69, 9.17) is 28.1 Å². The van der Waals surface area contributed by atoms with E-state index in [1.165, 1.54) is 37.4 Å². The molecule has 0 saturated carbocycles. The predicted molar refractivity (Wildman–Crippen MR) is 139 cm³/mol. The molecule has 42 heavy (non-hydrogen) atoms. The minimum atomic E-state index is -1.80. The van der Waals surface area contributed by atoms with Gasteiger partial charge in [0.15, 0.2) is 40.8 Å². The second kappa shape index (κ2) is 12.0. The standard InChI is InChI=1S/C27H30O15/c1-37-16-6-10(2-3-11(16)30)15-7-12(31)19-13(38-15)4-5-14(20(19)32)39-27-25(22(34)18(9-29)41-27)42-26-24(36)23(35)21(33)17(8-28)40-26/h2-7,17-18,21-30,32-36H,8-9H2,1H3. The van der Waals surface area contributed by atoms with Crippen LogP contribution in [0.1, 0.15) is 0 Å². The van der Waals surface area contributed by atoms with Crippen LogP contribution in [0.5, 0.6) is 23.0 Å². The summed E-state index contributed by atoms with van der Waals surface area (Å²) in [6, 6.07) is 8.07. The number of methoxy groups -OCH3 is 1. The molecule has 3 aromatic rings. The van der Waals surface area contributed by atoms with Gasteiger partial charge < -0.3 is 69.0 Å². The number of aromatic hydroxyl groups is 2. The Morgan fingerprint density at radius 1 is 0.810 bits per heavy atom. The second-order valence-electron chi connectivity index (χ2n) is 9.78. The largest absolute Gasteiger partial charge is 0.504 e. The van der Waals surface area contributed by atoms with Gasteiger partial charge in [0.05, 0.1) is 20.3 Å². The number of hydrogen-bond acceptors (Lipinski definition) is 15. The molecule has 0 aliphatic carbocycles. The van der Waals surface area contributed by atoms with E-state index in [2.05, 4.69) is 0 Å². The van der Waals surface area contributed by atoms with Gasteiger partial charge in [-0.3, -0.25) is 4.79 Å². The Morgan fingerprint density at radius 3 is 2.19 bits per heavy atom. The molecule has 0 radical (unpaired) electrons. The van der Waals surface area contributed by atoms with Crippen LogP contribution in [-0.2, 0) is 14.2 Å². The lowest BCUT2D eigenvalue weighted by Crippen LogP contribution is -2.60. The van der Waals surface area contributed by atoms with Crippen molar-refractivity contribution in [1.82, 2.24) is 0 Å². The van der Waals surface area contributed by atoms with E-state index in [0.29, 0.717) is 5.56 Å². The number of hydrogen-bond donors (Lipinski definition) is 8. The molecular weight excluding hydrogens is 564 g/mol. The van der Waals surface area contributed by atoms with E-state index in [1.54, 1.807) is 0 Å². The summed E-state index contributed by atoms with van der Waals surface area (Å²) in [4.78, 5) is 13.0. The average molecular weight is 595 g/mol. The van der Waals surface area contributed by atoms with E-state index >= 15 is 0 Å². The first-order valence-electron chi connectivity index (χ1n) is 12.8.